The van der Waals surface area contributed by atoms with E-state index >= 15 is 0 Å². The number of nitrogens with zero attached hydrogens (tertiary/aromatic N) is 2. The molecule has 2 atom stereocenters. The summed E-state index contributed by atoms with van der Waals surface area (Å²) in [5, 5.41) is 17.8. The zero-order valence-corrected chi connectivity index (χ0v) is 27.6. The minimum absolute atomic E-state index is 0.0435. The molecule has 0 saturated carbocycles. The molecule has 5 rings (SSSR count). The molecule has 3 aromatic rings. The van der Waals surface area contributed by atoms with Gasteiger partial charge in [-0.15, -0.1) is 0 Å². The lowest BCUT2D eigenvalue weighted by atomic mass is 9.83. The highest BCUT2D eigenvalue weighted by Crippen LogP contribution is 2.46. The van der Waals surface area contributed by atoms with Crippen molar-refractivity contribution in [1.29, 1.82) is 0 Å². The van der Waals surface area contributed by atoms with Crippen LogP contribution in [0.2, 0.25) is 0 Å². The fraction of sp³-hybridized carbons (Fsp3) is 0.417. The van der Waals surface area contributed by atoms with E-state index in [1.807, 2.05) is 64.1 Å². The maximum Gasteiger partial charge on any atom is 0.330 e. The van der Waals surface area contributed by atoms with E-state index in [1.165, 1.54) is 0 Å². The summed E-state index contributed by atoms with van der Waals surface area (Å²) in [7, 11) is 0. The van der Waals surface area contributed by atoms with Gasteiger partial charge in [-0.2, -0.15) is 0 Å². The van der Waals surface area contributed by atoms with Crippen LogP contribution in [0.25, 0.3) is 22.0 Å². The Labute approximate surface area is 273 Å². The van der Waals surface area contributed by atoms with Crippen LogP contribution in [0.15, 0.2) is 58.7 Å². The summed E-state index contributed by atoms with van der Waals surface area (Å²) in [6.07, 6.45) is 1.25. The van der Waals surface area contributed by atoms with Crippen molar-refractivity contribution in [3.05, 3.63) is 81.3 Å². The van der Waals surface area contributed by atoms with E-state index in [0.29, 0.717) is 23.4 Å². The molecule has 3 heterocycles. The maximum absolute atomic E-state index is 14.2. The van der Waals surface area contributed by atoms with Crippen LogP contribution in [0, 0.1) is 5.92 Å². The number of nitrogens with one attached hydrogen (secondary N) is 1. The second-order valence-electron chi connectivity index (χ2n) is 13.3. The number of benzene rings is 2. The fourth-order valence-corrected chi connectivity index (χ4v) is 6.13. The minimum atomic E-state index is -1.51. The van der Waals surface area contributed by atoms with E-state index < -0.39 is 35.1 Å². The Hall–Kier alpha value is -4.93. The van der Waals surface area contributed by atoms with Crippen LogP contribution < -0.4 is 10.9 Å². The van der Waals surface area contributed by atoms with E-state index in [4.69, 9.17) is 19.4 Å². The summed E-state index contributed by atoms with van der Waals surface area (Å²) >= 11 is 0. The molecule has 2 aliphatic heterocycles. The maximum atomic E-state index is 14.2. The van der Waals surface area contributed by atoms with Gasteiger partial charge in [-0.3, -0.25) is 14.4 Å². The van der Waals surface area contributed by atoms with Crippen molar-refractivity contribution in [1.82, 2.24) is 9.88 Å². The van der Waals surface area contributed by atoms with E-state index in [-0.39, 0.29) is 43.1 Å². The number of pyridine rings is 1. The SMILES string of the molecule is C=C1OCc2c(cc3n(c2=O)Cc2c-3cc3ccccc3c2C=NOC(C)(C)C)[C@]1(CC)OC(=O)C(NC(=O)CCC(=O)O)C(C)C. The summed E-state index contributed by atoms with van der Waals surface area (Å²) in [6, 6.07) is 10.8. The van der Waals surface area contributed by atoms with Gasteiger partial charge >= 0.3 is 11.9 Å². The highest BCUT2D eigenvalue weighted by molar-refractivity contribution is 6.05. The number of carboxylic acid groups (broad SMARTS) is 1. The zero-order chi connectivity index (χ0) is 34.3. The number of esters is 1. The normalized spacial score (nSPS) is 17.6. The van der Waals surface area contributed by atoms with Crippen molar-refractivity contribution in [2.75, 3.05) is 0 Å². The largest absolute Gasteiger partial charge is 0.489 e. The molecule has 2 aromatic carbocycles. The summed E-state index contributed by atoms with van der Waals surface area (Å²) in [4.78, 5) is 57.1. The van der Waals surface area contributed by atoms with Crippen LogP contribution in [0.1, 0.15) is 83.1 Å². The summed E-state index contributed by atoms with van der Waals surface area (Å²) in [5.74, 6) is -2.65. The molecule has 0 fully saturated rings. The second-order valence-corrected chi connectivity index (χ2v) is 13.3. The third-order valence-electron chi connectivity index (χ3n) is 8.55. The van der Waals surface area contributed by atoms with Crippen LogP contribution >= 0.6 is 0 Å². The Morgan fingerprint density at radius 2 is 1.89 bits per heavy atom. The second kappa shape index (κ2) is 12.7. The van der Waals surface area contributed by atoms with Crippen LogP contribution in [-0.4, -0.2) is 45.4 Å². The zero-order valence-electron chi connectivity index (χ0n) is 27.6. The molecule has 11 heteroatoms. The number of aromatic nitrogens is 1. The van der Waals surface area contributed by atoms with Crippen molar-refractivity contribution in [2.45, 2.75) is 91.2 Å². The standard InChI is InChI=1S/C36H41N3O8/c1-8-36(46-34(44)32(20(2)3)38-30(40)13-14-31(41)42)21(4)45-19-27-28(36)16-29-24-15-22-11-9-10-12-23(22)25(17-37-47-35(5,6)7)26(24)18-39(29)33(27)43/h9-12,15-17,20,32H,4,8,13-14,18-19H2,1-3,5-7H3,(H,38,40)(H,41,42)/t32?,36-/m1/s1. The van der Waals surface area contributed by atoms with Crippen LogP contribution in [0.3, 0.4) is 0 Å². The number of hydrogen-bond donors (Lipinski definition) is 2. The van der Waals surface area contributed by atoms with Crippen molar-refractivity contribution in [3.63, 3.8) is 0 Å². The van der Waals surface area contributed by atoms with Gasteiger partial charge in [0.2, 0.25) is 5.91 Å². The minimum Gasteiger partial charge on any atom is -0.489 e. The molecular formula is C36H41N3O8. The molecule has 1 aromatic heterocycles. The predicted molar refractivity (Wildman–Crippen MR) is 177 cm³/mol. The van der Waals surface area contributed by atoms with Crippen molar-refractivity contribution in [3.8, 4) is 11.3 Å². The number of aliphatic carboxylic acids is 1. The number of rotatable bonds is 10. The molecule has 0 saturated heterocycles. The molecule has 1 unspecified atom stereocenters. The van der Waals surface area contributed by atoms with Gasteiger partial charge in [0.15, 0.2) is 5.60 Å². The van der Waals surface area contributed by atoms with E-state index in [2.05, 4.69) is 17.1 Å². The Kier molecular flexibility index (Phi) is 9.03. The summed E-state index contributed by atoms with van der Waals surface area (Å²) < 4.78 is 13.8. The quantitative estimate of drug-likeness (QED) is 0.133. The number of oxime groups is 1. The van der Waals surface area contributed by atoms with Crippen molar-refractivity contribution in [2.24, 2.45) is 11.1 Å². The lowest BCUT2D eigenvalue weighted by Crippen LogP contribution is -2.50. The van der Waals surface area contributed by atoms with Gasteiger partial charge in [-0.05, 0) is 61.6 Å². The first-order valence-electron chi connectivity index (χ1n) is 15.8. The third kappa shape index (κ3) is 6.39. The van der Waals surface area contributed by atoms with Gasteiger partial charge in [-0.25, -0.2) is 4.79 Å². The smallest absolute Gasteiger partial charge is 0.330 e. The molecule has 47 heavy (non-hydrogen) atoms. The predicted octanol–water partition coefficient (Wildman–Crippen LogP) is 5.38. The number of hydrogen-bond acceptors (Lipinski definition) is 8. The Morgan fingerprint density at radius 1 is 1.17 bits per heavy atom. The lowest BCUT2D eigenvalue weighted by Gasteiger charge is -2.40. The van der Waals surface area contributed by atoms with Crippen LogP contribution in [-0.2, 0) is 47.4 Å². The molecule has 0 bridgehead atoms. The first-order valence-corrected chi connectivity index (χ1v) is 15.8. The number of amides is 1. The first kappa shape index (κ1) is 33.4. The summed E-state index contributed by atoms with van der Waals surface area (Å²) in [5.41, 5.74) is 1.83. The lowest BCUT2D eigenvalue weighted by molar-refractivity contribution is -0.168. The van der Waals surface area contributed by atoms with E-state index in [0.717, 1.165) is 27.5 Å². The fourth-order valence-electron chi connectivity index (χ4n) is 6.13. The van der Waals surface area contributed by atoms with Gasteiger partial charge < -0.3 is 29.3 Å². The molecule has 2 N–H and O–H groups in total. The third-order valence-corrected chi connectivity index (χ3v) is 8.55. The van der Waals surface area contributed by atoms with E-state index in [9.17, 15) is 19.2 Å². The van der Waals surface area contributed by atoms with Crippen LogP contribution in [0.4, 0.5) is 0 Å². The molecule has 248 valence electrons. The van der Waals surface area contributed by atoms with Gasteiger partial charge in [0.05, 0.1) is 30.4 Å². The topological polar surface area (TPSA) is 146 Å². The molecular weight excluding hydrogens is 602 g/mol. The number of ether oxygens (including phenoxy) is 2. The first-order chi connectivity index (χ1) is 22.2. The summed E-state index contributed by atoms with van der Waals surface area (Å²) in [6.45, 7) is 15.4. The Bertz CT molecular complexity index is 1870. The van der Waals surface area contributed by atoms with Crippen molar-refractivity contribution < 1.29 is 33.8 Å². The van der Waals surface area contributed by atoms with Crippen LogP contribution in [0.5, 0.6) is 0 Å². The highest BCUT2D eigenvalue weighted by Gasteiger charge is 2.47. The molecule has 2 aliphatic rings. The van der Waals surface area contributed by atoms with Gasteiger partial charge in [0, 0.05) is 23.1 Å². The van der Waals surface area contributed by atoms with Gasteiger partial charge in [0.1, 0.15) is 24.0 Å². The molecule has 0 spiro atoms. The van der Waals surface area contributed by atoms with Gasteiger partial charge in [-0.1, -0.05) is 56.8 Å². The molecule has 1 amide bonds. The molecule has 0 radical (unpaired) electrons. The highest BCUT2D eigenvalue weighted by atomic mass is 16.6. The van der Waals surface area contributed by atoms with Crippen molar-refractivity contribution >= 4 is 34.8 Å². The van der Waals surface area contributed by atoms with Gasteiger partial charge in [0.25, 0.3) is 5.56 Å². The Balaban J connectivity index is 1.60. The number of carbonyl (C=O) groups excluding carboxylic acids is 2. The average Bonchev–Trinajstić information content (AvgIpc) is 3.37. The average molecular weight is 644 g/mol. The molecule has 11 nitrogen and oxygen atoms in total. The monoisotopic (exact) mass is 643 g/mol. The number of carbonyl (C=O) groups is 3. The van der Waals surface area contributed by atoms with E-state index in [1.54, 1.807) is 24.6 Å². The number of fused-ring (bicyclic) bond motifs is 5. The Morgan fingerprint density at radius 3 is 2.55 bits per heavy atom. The molecule has 0 aliphatic carbocycles. The number of carboxylic acids is 1.